The number of fused-ring (bicyclic) bond motifs is 1. The SMILES string of the molecule is COc1cc2c(cc(C(=O)N[C@H](CO)c3ccc(C(=O)O)cc3Cl)n2C)c(O)c1C. The second-order valence-corrected chi connectivity index (χ2v) is 7.23. The van der Waals surface area contributed by atoms with Gasteiger partial charge in [-0.05, 0) is 30.7 Å². The zero-order chi connectivity index (χ0) is 22.2. The molecule has 1 amide bonds. The zero-order valence-electron chi connectivity index (χ0n) is 16.6. The van der Waals surface area contributed by atoms with Crippen molar-refractivity contribution in [3.05, 3.63) is 57.7 Å². The van der Waals surface area contributed by atoms with Gasteiger partial charge in [-0.15, -0.1) is 0 Å². The predicted molar refractivity (Wildman–Crippen MR) is 112 cm³/mol. The van der Waals surface area contributed by atoms with E-state index in [1.165, 1.54) is 25.3 Å². The van der Waals surface area contributed by atoms with Crippen molar-refractivity contribution in [3.63, 3.8) is 0 Å². The fourth-order valence-corrected chi connectivity index (χ4v) is 3.67. The summed E-state index contributed by atoms with van der Waals surface area (Å²) in [5.41, 5.74) is 1.80. The molecule has 0 spiro atoms. The maximum absolute atomic E-state index is 12.9. The number of phenolic OH excluding ortho intramolecular Hbond substituents is 1. The monoisotopic (exact) mass is 432 g/mol. The minimum atomic E-state index is -1.13. The molecule has 1 atom stereocenters. The lowest BCUT2D eigenvalue weighted by atomic mass is 10.0. The number of carbonyl (C=O) groups is 2. The number of amides is 1. The maximum atomic E-state index is 12.9. The first-order valence-electron chi connectivity index (χ1n) is 9.00. The van der Waals surface area contributed by atoms with Crippen LogP contribution in [0.4, 0.5) is 0 Å². The molecule has 1 heterocycles. The van der Waals surface area contributed by atoms with Crippen molar-refractivity contribution in [2.75, 3.05) is 13.7 Å². The summed E-state index contributed by atoms with van der Waals surface area (Å²) in [4.78, 5) is 24.0. The Morgan fingerprint density at radius 2 is 1.97 bits per heavy atom. The molecule has 4 N–H and O–H groups in total. The number of halogens is 1. The highest BCUT2D eigenvalue weighted by molar-refractivity contribution is 6.31. The fourth-order valence-electron chi connectivity index (χ4n) is 3.36. The lowest BCUT2D eigenvalue weighted by Gasteiger charge is -2.18. The minimum absolute atomic E-state index is 0.000225. The second kappa shape index (κ2) is 8.25. The van der Waals surface area contributed by atoms with Crippen LogP contribution < -0.4 is 10.1 Å². The van der Waals surface area contributed by atoms with Gasteiger partial charge in [-0.2, -0.15) is 0 Å². The molecule has 158 valence electrons. The van der Waals surface area contributed by atoms with E-state index in [0.717, 1.165) is 0 Å². The van der Waals surface area contributed by atoms with Gasteiger partial charge < -0.3 is 29.9 Å². The van der Waals surface area contributed by atoms with E-state index in [-0.39, 0.29) is 22.0 Å². The van der Waals surface area contributed by atoms with Crippen molar-refractivity contribution in [3.8, 4) is 11.5 Å². The van der Waals surface area contributed by atoms with Crippen molar-refractivity contribution in [2.45, 2.75) is 13.0 Å². The Morgan fingerprint density at radius 1 is 1.27 bits per heavy atom. The van der Waals surface area contributed by atoms with Gasteiger partial charge in [0.15, 0.2) is 0 Å². The number of carbonyl (C=O) groups excluding carboxylic acids is 1. The number of benzene rings is 2. The first-order valence-corrected chi connectivity index (χ1v) is 9.37. The Labute approximate surface area is 177 Å². The number of aliphatic hydroxyl groups is 1. The third-order valence-corrected chi connectivity index (χ3v) is 5.42. The van der Waals surface area contributed by atoms with Crippen LogP contribution in [0.25, 0.3) is 10.9 Å². The third kappa shape index (κ3) is 3.67. The number of carboxylic acids is 1. The molecule has 0 aliphatic rings. The van der Waals surface area contributed by atoms with Gasteiger partial charge in [0.1, 0.15) is 17.2 Å². The Morgan fingerprint density at radius 3 is 2.53 bits per heavy atom. The molecule has 8 nitrogen and oxygen atoms in total. The van der Waals surface area contributed by atoms with Crippen LogP contribution in [-0.4, -0.2) is 45.5 Å². The van der Waals surface area contributed by atoms with Gasteiger partial charge in [0.2, 0.25) is 0 Å². The van der Waals surface area contributed by atoms with E-state index in [0.29, 0.717) is 27.8 Å². The first-order chi connectivity index (χ1) is 14.2. The van der Waals surface area contributed by atoms with Crippen LogP contribution in [0.15, 0.2) is 30.3 Å². The number of methoxy groups -OCH3 is 1. The van der Waals surface area contributed by atoms with Crippen molar-refractivity contribution in [1.29, 1.82) is 0 Å². The molecule has 0 aliphatic carbocycles. The third-order valence-electron chi connectivity index (χ3n) is 5.09. The highest BCUT2D eigenvalue weighted by Crippen LogP contribution is 2.37. The smallest absolute Gasteiger partial charge is 0.335 e. The number of aryl methyl sites for hydroxylation is 1. The van der Waals surface area contributed by atoms with Crippen LogP contribution in [-0.2, 0) is 7.05 Å². The molecule has 0 aliphatic heterocycles. The molecule has 3 rings (SSSR count). The Kier molecular flexibility index (Phi) is 5.91. The normalized spacial score (nSPS) is 12.0. The molecular weight excluding hydrogens is 412 g/mol. The number of aromatic carboxylic acids is 1. The lowest BCUT2D eigenvalue weighted by Crippen LogP contribution is -2.32. The van der Waals surface area contributed by atoms with Gasteiger partial charge in [0.25, 0.3) is 5.91 Å². The van der Waals surface area contributed by atoms with Crippen LogP contribution in [0.3, 0.4) is 0 Å². The van der Waals surface area contributed by atoms with E-state index in [1.807, 2.05) is 0 Å². The zero-order valence-corrected chi connectivity index (χ0v) is 17.3. The average Bonchev–Trinajstić information content (AvgIpc) is 3.05. The highest BCUT2D eigenvalue weighted by atomic mass is 35.5. The standard InChI is InChI=1S/C21H21ClN2O6/c1-10-18(30-3)8-16-13(19(10)26)7-17(24(16)2)20(27)23-15(9-25)12-5-4-11(21(28)29)6-14(12)22/h4-8,15,25-26H,9H2,1-3H3,(H,23,27)(H,28,29)/t15-/m1/s1. The summed E-state index contributed by atoms with van der Waals surface area (Å²) >= 11 is 6.17. The van der Waals surface area contributed by atoms with E-state index in [1.54, 1.807) is 30.7 Å². The average molecular weight is 433 g/mol. The van der Waals surface area contributed by atoms with Gasteiger partial charge >= 0.3 is 5.97 Å². The predicted octanol–water partition coefficient (Wildman–Crippen LogP) is 3.02. The Bertz CT molecular complexity index is 1150. The highest BCUT2D eigenvalue weighted by Gasteiger charge is 2.23. The summed E-state index contributed by atoms with van der Waals surface area (Å²) in [6, 6.07) is 6.49. The molecule has 3 aromatic rings. The molecule has 0 bridgehead atoms. The number of aliphatic hydroxyl groups excluding tert-OH is 1. The maximum Gasteiger partial charge on any atom is 0.335 e. The number of hydrogen-bond donors (Lipinski definition) is 4. The lowest BCUT2D eigenvalue weighted by molar-refractivity contribution is 0.0696. The molecular formula is C21H21ClN2O6. The molecule has 9 heteroatoms. The summed E-state index contributed by atoms with van der Waals surface area (Å²) in [6.45, 7) is 1.27. The van der Waals surface area contributed by atoms with E-state index in [2.05, 4.69) is 5.32 Å². The summed E-state index contributed by atoms with van der Waals surface area (Å²) in [5, 5.41) is 32.6. The molecule has 0 saturated carbocycles. The number of aromatic nitrogens is 1. The topological polar surface area (TPSA) is 121 Å². The van der Waals surface area contributed by atoms with Gasteiger partial charge in [-0.3, -0.25) is 4.79 Å². The molecule has 30 heavy (non-hydrogen) atoms. The van der Waals surface area contributed by atoms with Crippen LogP contribution >= 0.6 is 11.6 Å². The number of hydrogen-bond acceptors (Lipinski definition) is 5. The summed E-state index contributed by atoms with van der Waals surface area (Å²) in [7, 11) is 3.17. The molecule has 2 aromatic carbocycles. The second-order valence-electron chi connectivity index (χ2n) is 6.82. The van der Waals surface area contributed by atoms with Gasteiger partial charge in [-0.25, -0.2) is 4.79 Å². The molecule has 0 saturated heterocycles. The molecule has 0 unspecified atom stereocenters. The van der Waals surface area contributed by atoms with E-state index in [4.69, 9.17) is 21.4 Å². The quantitative estimate of drug-likeness (QED) is 0.475. The number of phenols is 1. The Balaban J connectivity index is 1.96. The number of nitrogens with zero attached hydrogens (tertiary/aromatic N) is 1. The fraction of sp³-hybridized carbons (Fsp3) is 0.238. The van der Waals surface area contributed by atoms with Crippen molar-refractivity contribution >= 4 is 34.4 Å². The van der Waals surface area contributed by atoms with Crippen LogP contribution in [0.1, 0.15) is 38.0 Å². The number of ether oxygens (including phenoxy) is 1. The van der Waals surface area contributed by atoms with Crippen LogP contribution in [0, 0.1) is 6.92 Å². The van der Waals surface area contributed by atoms with E-state index >= 15 is 0 Å². The molecule has 0 radical (unpaired) electrons. The number of carboxylic acid groups (broad SMARTS) is 1. The number of nitrogens with one attached hydrogen (secondary N) is 1. The number of aromatic hydroxyl groups is 1. The van der Waals surface area contributed by atoms with Crippen molar-refractivity contribution in [2.24, 2.45) is 7.05 Å². The van der Waals surface area contributed by atoms with Crippen LogP contribution in [0.2, 0.25) is 5.02 Å². The molecule has 1 aromatic heterocycles. The minimum Gasteiger partial charge on any atom is -0.507 e. The van der Waals surface area contributed by atoms with Crippen molar-refractivity contribution in [1.82, 2.24) is 9.88 Å². The first kappa shape index (κ1) is 21.5. The summed E-state index contributed by atoms with van der Waals surface area (Å²) < 4.78 is 6.88. The Hall–Kier alpha value is -3.23. The van der Waals surface area contributed by atoms with Gasteiger partial charge in [-0.1, -0.05) is 17.7 Å². The van der Waals surface area contributed by atoms with Crippen LogP contribution in [0.5, 0.6) is 11.5 Å². The van der Waals surface area contributed by atoms with Gasteiger partial charge in [0.05, 0.1) is 30.8 Å². The van der Waals surface area contributed by atoms with Gasteiger partial charge in [0, 0.05) is 29.1 Å². The summed E-state index contributed by atoms with van der Waals surface area (Å²) in [5.74, 6) is -1.12. The van der Waals surface area contributed by atoms with E-state index < -0.39 is 24.5 Å². The molecule has 0 fully saturated rings. The largest absolute Gasteiger partial charge is 0.507 e. The number of rotatable bonds is 6. The summed E-state index contributed by atoms with van der Waals surface area (Å²) in [6.07, 6.45) is 0. The van der Waals surface area contributed by atoms with E-state index in [9.17, 15) is 19.8 Å². The van der Waals surface area contributed by atoms with Crippen molar-refractivity contribution < 1.29 is 29.6 Å².